The minimum atomic E-state index is -3.90. The Morgan fingerprint density at radius 2 is 1.93 bits per heavy atom. The average molecular weight is 400 g/mol. The molecule has 28 heavy (non-hydrogen) atoms. The van der Waals surface area contributed by atoms with Gasteiger partial charge in [-0.3, -0.25) is 9.10 Å². The Bertz CT molecular complexity index is 1070. The molecule has 1 amide bonds. The van der Waals surface area contributed by atoms with E-state index >= 15 is 0 Å². The van der Waals surface area contributed by atoms with Gasteiger partial charge in [0.05, 0.1) is 10.6 Å². The van der Waals surface area contributed by atoms with Crippen molar-refractivity contribution in [3.8, 4) is 11.1 Å². The molecule has 2 aliphatic carbocycles. The topological polar surface area (TPSA) is 66.5 Å². The monoisotopic (exact) mass is 400 g/mol. The second-order valence-corrected chi connectivity index (χ2v) is 9.85. The van der Waals surface area contributed by atoms with E-state index in [1.54, 1.807) is 18.2 Å². The molecule has 0 unspecified atom stereocenters. The number of halogens is 1. The molecule has 0 radical (unpaired) electrons. The summed E-state index contributed by atoms with van der Waals surface area (Å²) in [6, 6.07) is 10.6. The number of benzene rings is 2. The largest absolute Gasteiger partial charge is 0.352 e. The summed E-state index contributed by atoms with van der Waals surface area (Å²) in [7, 11) is -3.90. The second-order valence-electron chi connectivity index (χ2n) is 8.02. The molecule has 7 heteroatoms. The van der Waals surface area contributed by atoms with Crippen LogP contribution in [0.15, 0.2) is 47.4 Å². The zero-order valence-corrected chi connectivity index (χ0v) is 16.1. The second kappa shape index (κ2) is 6.30. The summed E-state index contributed by atoms with van der Waals surface area (Å²) in [5.41, 5.74) is 1.28. The van der Waals surface area contributed by atoms with Crippen LogP contribution in [0, 0.1) is 17.7 Å². The van der Waals surface area contributed by atoms with E-state index in [-0.39, 0.29) is 23.4 Å². The summed E-state index contributed by atoms with van der Waals surface area (Å²) in [4.78, 5) is 12.8. The minimum Gasteiger partial charge on any atom is -0.352 e. The Hall–Kier alpha value is -2.41. The zero-order valence-electron chi connectivity index (χ0n) is 15.3. The third kappa shape index (κ3) is 2.71. The van der Waals surface area contributed by atoms with E-state index in [0.717, 1.165) is 23.6 Å². The van der Waals surface area contributed by atoms with Gasteiger partial charge in [0.15, 0.2) is 0 Å². The van der Waals surface area contributed by atoms with Crippen LogP contribution in [-0.4, -0.2) is 26.9 Å². The number of amides is 1. The van der Waals surface area contributed by atoms with Crippen LogP contribution in [-0.2, 0) is 14.8 Å². The number of fused-ring (bicyclic) bond motifs is 5. The molecule has 2 fully saturated rings. The van der Waals surface area contributed by atoms with Gasteiger partial charge in [0.1, 0.15) is 12.4 Å². The number of rotatable bonds is 3. The van der Waals surface area contributed by atoms with Gasteiger partial charge in [0, 0.05) is 17.2 Å². The Morgan fingerprint density at radius 3 is 2.68 bits per heavy atom. The highest BCUT2D eigenvalue weighted by Gasteiger charge is 2.41. The highest BCUT2D eigenvalue weighted by atomic mass is 32.2. The summed E-state index contributed by atoms with van der Waals surface area (Å²) in [5.74, 6) is 0.439. The Balaban J connectivity index is 1.48. The number of hydrogen-bond acceptors (Lipinski definition) is 3. The zero-order chi connectivity index (χ0) is 19.5. The van der Waals surface area contributed by atoms with Crippen molar-refractivity contribution in [1.29, 1.82) is 0 Å². The van der Waals surface area contributed by atoms with E-state index in [9.17, 15) is 17.6 Å². The van der Waals surface area contributed by atoms with Crippen LogP contribution in [0.25, 0.3) is 11.1 Å². The smallest absolute Gasteiger partial charge is 0.265 e. The van der Waals surface area contributed by atoms with Crippen LogP contribution in [0.5, 0.6) is 0 Å². The molecule has 0 aromatic heterocycles. The summed E-state index contributed by atoms with van der Waals surface area (Å²) in [6.45, 7) is -0.302. The lowest BCUT2D eigenvalue weighted by atomic mass is 9.95. The van der Waals surface area contributed by atoms with Crippen LogP contribution in [0.1, 0.15) is 25.7 Å². The fourth-order valence-electron chi connectivity index (χ4n) is 5.08. The van der Waals surface area contributed by atoms with E-state index in [1.807, 2.05) is 0 Å². The van der Waals surface area contributed by atoms with Gasteiger partial charge in [-0.05, 0) is 55.4 Å². The summed E-state index contributed by atoms with van der Waals surface area (Å²) < 4.78 is 41.4. The maximum absolute atomic E-state index is 13.9. The SMILES string of the molecule is O=C(CN1c2ccc(F)cc2-c2ccccc2S1(=O)=O)N[C@H]1C[C@H]2CC[C@H]1C2. The highest BCUT2D eigenvalue weighted by Crippen LogP contribution is 2.45. The number of carbonyl (C=O) groups is 1. The van der Waals surface area contributed by atoms with Gasteiger partial charge in [0.2, 0.25) is 5.91 Å². The molecule has 2 aromatic carbocycles. The van der Waals surface area contributed by atoms with Gasteiger partial charge >= 0.3 is 0 Å². The molecular weight excluding hydrogens is 379 g/mol. The first-order chi connectivity index (χ1) is 13.4. The van der Waals surface area contributed by atoms with Crippen molar-refractivity contribution in [2.24, 2.45) is 11.8 Å². The van der Waals surface area contributed by atoms with Crippen molar-refractivity contribution in [2.75, 3.05) is 10.8 Å². The van der Waals surface area contributed by atoms with Gasteiger partial charge in [-0.25, -0.2) is 12.8 Å². The molecule has 146 valence electrons. The maximum atomic E-state index is 13.9. The van der Waals surface area contributed by atoms with Crippen molar-refractivity contribution >= 4 is 21.6 Å². The Kier molecular flexibility index (Phi) is 3.98. The molecule has 3 atom stereocenters. The average Bonchev–Trinajstić information content (AvgIpc) is 3.28. The molecular formula is C21H21FN2O3S. The molecule has 2 saturated carbocycles. The van der Waals surface area contributed by atoms with E-state index in [1.165, 1.54) is 30.7 Å². The van der Waals surface area contributed by atoms with Gasteiger partial charge in [-0.15, -0.1) is 0 Å². The van der Waals surface area contributed by atoms with Crippen LogP contribution >= 0.6 is 0 Å². The highest BCUT2D eigenvalue weighted by molar-refractivity contribution is 7.93. The number of hydrogen-bond donors (Lipinski definition) is 1. The standard InChI is InChI=1S/C21H21FN2O3S/c22-15-7-8-19-17(11-15)16-3-1-2-4-20(16)28(26,27)24(19)12-21(25)23-18-10-13-5-6-14(18)9-13/h1-4,7-8,11,13-14,18H,5-6,9-10,12H2,(H,23,25)/t13-,14-,18-/m0/s1. The van der Waals surface area contributed by atoms with Crippen molar-refractivity contribution in [3.63, 3.8) is 0 Å². The molecule has 0 saturated heterocycles. The van der Waals surface area contributed by atoms with Crippen LogP contribution < -0.4 is 9.62 Å². The van der Waals surface area contributed by atoms with E-state index < -0.39 is 15.8 Å². The van der Waals surface area contributed by atoms with Crippen molar-refractivity contribution in [3.05, 3.63) is 48.3 Å². The predicted octanol–water partition coefficient (Wildman–Crippen LogP) is 3.31. The quantitative estimate of drug-likeness (QED) is 0.860. The van der Waals surface area contributed by atoms with E-state index in [2.05, 4.69) is 5.32 Å². The first kappa shape index (κ1) is 17.7. The lowest BCUT2D eigenvalue weighted by Crippen LogP contribution is -2.46. The molecule has 0 spiro atoms. The Morgan fingerprint density at radius 1 is 1.11 bits per heavy atom. The summed E-state index contributed by atoms with van der Waals surface area (Å²) >= 11 is 0. The third-order valence-corrected chi connectivity index (χ3v) is 8.16. The molecule has 5 rings (SSSR count). The van der Waals surface area contributed by atoms with Crippen molar-refractivity contribution < 1.29 is 17.6 Å². The number of anilines is 1. The number of nitrogens with one attached hydrogen (secondary N) is 1. The van der Waals surface area contributed by atoms with Gasteiger partial charge in [-0.2, -0.15) is 0 Å². The first-order valence-corrected chi connectivity index (χ1v) is 11.1. The normalized spacial score (nSPS) is 26.6. The predicted molar refractivity (Wildman–Crippen MR) is 104 cm³/mol. The fourth-order valence-corrected chi connectivity index (χ4v) is 6.73. The molecule has 1 aliphatic heterocycles. The molecule has 5 nitrogen and oxygen atoms in total. The molecule has 3 aliphatic rings. The lowest BCUT2D eigenvalue weighted by Gasteiger charge is -2.32. The molecule has 2 aromatic rings. The Labute approximate surface area is 163 Å². The van der Waals surface area contributed by atoms with Crippen LogP contribution in [0.4, 0.5) is 10.1 Å². The molecule has 1 heterocycles. The minimum absolute atomic E-state index is 0.0980. The van der Waals surface area contributed by atoms with Gasteiger partial charge in [-0.1, -0.05) is 24.6 Å². The van der Waals surface area contributed by atoms with Gasteiger partial charge in [0.25, 0.3) is 10.0 Å². The van der Waals surface area contributed by atoms with Crippen LogP contribution in [0.2, 0.25) is 0 Å². The summed E-state index contributed by atoms with van der Waals surface area (Å²) in [6.07, 6.45) is 4.50. The van der Waals surface area contributed by atoms with Crippen molar-refractivity contribution in [1.82, 2.24) is 5.32 Å². The maximum Gasteiger partial charge on any atom is 0.265 e. The third-order valence-electron chi connectivity index (χ3n) is 6.34. The number of carbonyl (C=O) groups excluding carboxylic acids is 1. The van der Waals surface area contributed by atoms with E-state index in [0.29, 0.717) is 28.7 Å². The molecule has 2 bridgehead atoms. The summed E-state index contributed by atoms with van der Waals surface area (Å²) in [5, 5.41) is 3.04. The first-order valence-electron chi connectivity index (χ1n) is 9.64. The number of sulfonamides is 1. The molecule has 1 N–H and O–H groups in total. The number of nitrogens with zero attached hydrogens (tertiary/aromatic N) is 1. The van der Waals surface area contributed by atoms with Gasteiger partial charge < -0.3 is 5.32 Å². The van der Waals surface area contributed by atoms with Crippen LogP contribution in [0.3, 0.4) is 0 Å². The van der Waals surface area contributed by atoms with Crippen molar-refractivity contribution in [2.45, 2.75) is 36.6 Å². The van der Waals surface area contributed by atoms with E-state index in [4.69, 9.17) is 0 Å². The lowest BCUT2D eigenvalue weighted by molar-refractivity contribution is -0.120. The fraction of sp³-hybridized carbons (Fsp3) is 0.381.